The van der Waals surface area contributed by atoms with Crippen LogP contribution in [0.3, 0.4) is 0 Å². The summed E-state index contributed by atoms with van der Waals surface area (Å²) in [6, 6.07) is 1.11. The first kappa shape index (κ1) is 14.6. The molecule has 0 aromatic rings. The molecular formula is C15H25N3O3. The average Bonchev–Trinajstić information content (AvgIpc) is 2.90. The molecule has 0 aromatic carbocycles. The van der Waals surface area contributed by atoms with Gasteiger partial charge in [0.2, 0.25) is 0 Å². The molecule has 3 aliphatic heterocycles. The van der Waals surface area contributed by atoms with E-state index in [-0.39, 0.29) is 11.9 Å². The zero-order valence-electron chi connectivity index (χ0n) is 12.9. The molecule has 3 fully saturated rings. The van der Waals surface area contributed by atoms with Crippen molar-refractivity contribution in [1.29, 1.82) is 0 Å². The van der Waals surface area contributed by atoms with Crippen LogP contribution in [0, 0.1) is 11.8 Å². The molecule has 21 heavy (non-hydrogen) atoms. The molecule has 0 spiro atoms. The SMILES string of the molecule is CC1CN(C(=O)N2CCC3CCC(C2)N3C)CC1C(=O)O. The summed E-state index contributed by atoms with van der Waals surface area (Å²) in [6.07, 6.45) is 3.44. The highest BCUT2D eigenvalue weighted by atomic mass is 16.4. The molecule has 2 amide bonds. The minimum absolute atomic E-state index is 0.0338. The summed E-state index contributed by atoms with van der Waals surface area (Å²) < 4.78 is 0. The van der Waals surface area contributed by atoms with Crippen LogP contribution < -0.4 is 0 Å². The number of fused-ring (bicyclic) bond motifs is 2. The second-order valence-electron chi connectivity index (χ2n) is 6.89. The summed E-state index contributed by atoms with van der Waals surface area (Å²) in [6.45, 7) is 4.43. The van der Waals surface area contributed by atoms with Gasteiger partial charge in [-0.15, -0.1) is 0 Å². The van der Waals surface area contributed by atoms with Crippen molar-refractivity contribution in [3.63, 3.8) is 0 Å². The van der Waals surface area contributed by atoms with Gasteiger partial charge < -0.3 is 14.9 Å². The number of rotatable bonds is 1. The minimum atomic E-state index is -0.785. The van der Waals surface area contributed by atoms with E-state index in [9.17, 15) is 14.7 Å². The fourth-order valence-corrected chi connectivity index (χ4v) is 4.13. The van der Waals surface area contributed by atoms with E-state index in [1.54, 1.807) is 4.90 Å². The molecule has 0 aliphatic carbocycles. The Hall–Kier alpha value is -1.30. The lowest BCUT2D eigenvalue weighted by atomic mass is 9.99. The molecule has 6 nitrogen and oxygen atoms in total. The quantitative estimate of drug-likeness (QED) is 0.781. The van der Waals surface area contributed by atoms with Crippen molar-refractivity contribution in [3.05, 3.63) is 0 Å². The number of hydrogen-bond donors (Lipinski definition) is 1. The molecule has 4 atom stereocenters. The number of nitrogens with zero attached hydrogens (tertiary/aromatic N) is 3. The molecular weight excluding hydrogens is 270 g/mol. The molecule has 6 heteroatoms. The Morgan fingerprint density at radius 2 is 1.71 bits per heavy atom. The maximum absolute atomic E-state index is 12.7. The number of likely N-dealkylation sites (tertiary alicyclic amines) is 2. The monoisotopic (exact) mass is 295 g/mol. The first-order chi connectivity index (χ1) is 9.97. The van der Waals surface area contributed by atoms with Crippen LogP contribution >= 0.6 is 0 Å². The molecule has 1 N–H and O–H groups in total. The van der Waals surface area contributed by atoms with Gasteiger partial charge in [0.1, 0.15) is 0 Å². The van der Waals surface area contributed by atoms with Crippen LogP contribution in [0.15, 0.2) is 0 Å². The predicted molar refractivity (Wildman–Crippen MR) is 78.0 cm³/mol. The number of carbonyl (C=O) groups excluding carboxylic acids is 1. The van der Waals surface area contributed by atoms with Crippen LogP contribution in [-0.2, 0) is 4.79 Å². The second kappa shape index (κ2) is 5.48. The van der Waals surface area contributed by atoms with Crippen molar-refractivity contribution in [2.45, 2.75) is 38.3 Å². The number of likely N-dealkylation sites (N-methyl/N-ethyl adjacent to an activating group) is 1. The van der Waals surface area contributed by atoms with Crippen LogP contribution in [-0.4, -0.2) is 77.1 Å². The van der Waals surface area contributed by atoms with E-state index in [1.165, 1.54) is 12.8 Å². The third-order valence-corrected chi connectivity index (χ3v) is 5.62. The fraction of sp³-hybridized carbons (Fsp3) is 0.867. The third kappa shape index (κ3) is 2.61. The van der Waals surface area contributed by atoms with Crippen LogP contribution in [0.25, 0.3) is 0 Å². The molecule has 3 heterocycles. The number of urea groups is 1. The zero-order valence-corrected chi connectivity index (χ0v) is 12.9. The maximum atomic E-state index is 12.7. The van der Waals surface area contributed by atoms with E-state index in [0.29, 0.717) is 25.2 Å². The van der Waals surface area contributed by atoms with E-state index in [4.69, 9.17) is 0 Å². The van der Waals surface area contributed by atoms with Gasteiger partial charge in [0.15, 0.2) is 0 Å². The van der Waals surface area contributed by atoms with Crippen LogP contribution in [0.4, 0.5) is 4.79 Å². The van der Waals surface area contributed by atoms with Crippen molar-refractivity contribution in [2.75, 3.05) is 33.2 Å². The Balaban J connectivity index is 1.65. The van der Waals surface area contributed by atoms with Gasteiger partial charge in [-0.2, -0.15) is 0 Å². The van der Waals surface area contributed by atoms with Crippen LogP contribution in [0.1, 0.15) is 26.2 Å². The van der Waals surface area contributed by atoms with Crippen LogP contribution in [0.2, 0.25) is 0 Å². The summed E-state index contributed by atoms with van der Waals surface area (Å²) in [4.78, 5) is 30.0. The molecule has 4 unspecified atom stereocenters. The Labute approximate surface area is 125 Å². The van der Waals surface area contributed by atoms with Crippen molar-refractivity contribution in [3.8, 4) is 0 Å². The van der Waals surface area contributed by atoms with Gasteiger partial charge in [0, 0.05) is 38.3 Å². The molecule has 3 aliphatic rings. The number of carbonyl (C=O) groups is 2. The van der Waals surface area contributed by atoms with Gasteiger partial charge in [0.25, 0.3) is 0 Å². The van der Waals surface area contributed by atoms with Crippen molar-refractivity contribution in [2.24, 2.45) is 11.8 Å². The lowest BCUT2D eigenvalue weighted by molar-refractivity contribution is -0.142. The van der Waals surface area contributed by atoms with Gasteiger partial charge in [0.05, 0.1) is 5.92 Å². The molecule has 0 radical (unpaired) electrons. The zero-order chi connectivity index (χ0) is 15.1. The summed E-state index contributed by atoms with van der Waals surface area (Å²) in [5.41, 5.74) is 0. The largest absolute Gasteiger partial charge is 0.481 e. The molecule has 118 valence electrons. The Morgan fingerprint density at radius 3 is 2.38 bits per heavy atom. The summed E-state index contributed by atoms with van der Waals surface area (Å²) in [7, 11) is 2.16. The number of hydrogen-bond acceptors (Lipinski definition) is 3. The Bertz CT molecular complexity index is 442. The van der Waals surface area contributed by atoms with E-state index in [0.717, 1.165) is 19.5 Å². The second-order valence-corrected chi connectivity index (χ2v) is 6.89. The van der Waals surface area contributed by atoms with E-state index in [2.05, 4.69) is 11.9 Å². The first-order valence-electron chi connectivity index (χ1n) is 7.96. The summed E-state index contributed by atoms with van der Waals surface area (Å²) in [5.74, 6) is -1.16. The van der Waals surface area contributed by atoms with Crippen molar-refractivity contribution < 1.29 is 14.7 Å². The first-order valence-corrected chi connectivity index (χ1v) is 7.96. The van der Waals surface area contributed by atoms with Crippen molar-refractivity contribution in [1.82, 2.24) is 14.7 Å². The van der Waals surface area contributed by atoms with Crippen molar-refractivity contribution >= 4 is 12.0 Å². The molecule has 0 saturated carbocycles. The standard InChI is InChI=1S/C15H25N3O3/c1-10-7-18(9-13(10)14(19)20)15(21)17-6-5-11-3-4-12(8-17)16(11)2/h10-13H,3-9H2,1-2H3,(H,19,20). The fourth-order valence-electron chi connectivity index (χ4n) is 4.13. The predicted octanol–water partition coefficient (Wildman–Crippen LogP) is 0.927. The highest BCUT2D eigenvalue weighted by Crippen LogP contribution is 2.30. The Kier molecular flexibility index (Phi) is 3.82. The van der Waals surface area contributed by atoms with Gasteiger partial charge in [-0.3, -0.25) is 9.69 Å². The number of carboxylic acids is 1. The highest BCUT2D eigenvalue weighted by Gasteiger charge is 2.41. The smallest absolute Gasteiger partial charge is 0.320 e. The summed E-state index contributed by atoms with van der Waals surface area (Å²) in [5, 5.41) is 9.20. The van der Waals surface area contributed by atoms with E-state index >= 15 is 0 Å². The highest BCUT2D eigenvalue weighted by molar-refractivity contribution is 5.78. The average molecular weight is 295 g/mol. The van der Waals surface area contributed by atoms with E-state index < -0.39 is 11.9 Å². The normalized spacial score (nSPS) is 36.9. The van der Waals surface area contributed by atoms with Gasteiger partial charge in [-0.05, 0) is 32.2 Å². The summed E-state index contributed by atoms with van der Waals surface area (Å²) >= 11 is 0. The van der Waals surface area contributed by atoms with E-state index in [1.807, 2.05) is 11.8 Å². The third-order valence-electron chi connectivity index (χ3n) is 5.62. The minimum Gasteiger partial charge on any atom is -0.481 e. The van der Waals surface area contributed by atoms with Crippen LogP contribution in [0.5, 0.6) is 0 Å². The lowest BCUT2D eigenvalue weighted by Crippen LogP contribution is -2.46. The molecule has 3 saturated heterocycles. The maximum Gasteiger partial charge on any atom is 0.320 e. The molecule has 0 aromatic heterocycles. The lowest BCUT2D eigenvalue weighted by Gasteiger charge is -2.29. The van der Waals surface area contributed by atoms with Gasteiger partial charge >= 0.3 is 12.0 Å². The van der Waals surface area contributed by atoms with Gasteiger partial charge in [-0.25, -0.2) is 4.79 Å². The number of amides is 2. The Morgan fingerprint density at radius 1 is 1.00 bits per heavy atom. The van der Waals surface area contributed by atoms with Gasteiger partial charge in [-0.1, -0.05) is 6.92 Å². The molecule has 2 bridgehead atoms. The topological polar surface area (TPSA) is 64.1 Å². The number of aliphatic carboxylic acids is 1. The molecule has 3 rings (SSSR count). The number of carboxylic acid groups (broad SMARTS) is 1.